The highest BCUT2D eigenvalue weighted by Crippen LogP contribution is 2.31. The predicted octanol–water partition coefficient (Wildman–Crippen LogP) is 3.51. The maximum absolute atomic E-state index is 13.7. The molecular weight excluding hydrogens is 299 g/mol. The molecule has 0 heterocycles. The highest BCUT2D eigenvalue weighted by Gasteiger charge is 2.14. The Balaban J connectivity index is 2.34. The zero-order chi connectivity index (χ0) is 15.6. The number of benzene rings is 2. The van der Waals surface area contributed by atoms with Crippen molar-refractivity contribution in [1.82, 2.24) is 0 Å². The molecule has 2 aromatic rings. The number of carboxylic acid groups (broad SMARTS) is 1. The minimum Gasteiger partial charge on any atom is -0.495 e. The average molecular weight is 311 g/mol. The van der Waals surface area contributed by atoms with Crippen LogP contribution in [0.15, 0.2) is 30.3 Å². The third-order valence-electron chi connectivity index (χ3n) is 2.80. The molecule has 0 bridgehead atoms. The van der Waals surface area contributed by atoms with Crippen LogP contribution in [0.25, 0.3) is 0 Å². The number of hydrogen-bond donors (Lipinski definition) is 3. The highest BCUT2D eigenvalue weighted by atomic mass is 35.5. The third kappa shape index (κ3) is 3.17. The number of methoxy groups -OCH3 is 1. The lowest BCUT2D eigenvalue weighted by Gasteiger charge is -2.12. The maximum atomic E-state index is 13.7. The molecule has 4 N–H and O–H groups in total. The average Bonchev–Trinajstić information content (AvgIpc) is 2.42. The van der Waals surface area contributed by atoms with Gasteiger partial charge in [-0.15, -0.1) is 0 Å². The van der Waals surface area contributed by atoms with Gasteiger partial charge in [0.2, 0.25) is 0 Å². The number of nitrogens with two attached hydrogens (primary N) is 1. The predicted molar refractivity (Wildman–Crippen MR) is 79.1 cm³/mol. The van der Waals surface area contributed by atoms with Crippen LogP contribution in [0.5, 0.6) is 5.75 Å². The number of rotatable bonds is 4. The standard InChI is InChI=1S/C14H12ClFN2O3/c1-21-13-3-2-7(4-9(13)15)18-12-6-10(16)8(14(19)20)5-11(12)17/h2-6,18H,17H2,1H3,(H,19,20). The van der Waals surface area contributed by atoms with E-state index < -0.39 is 17.3 Å². The number of carboxylic acids is 1. The Morgan fingerprint density at radius 2 is 2.10 bits per heavy atom. The van der Waals surface area contributed by atoms with Crippen LogP contribution in [0.2, 0.25) is 5.02 Å². The van der Waals surface area contributed by atoms with E-state index in [9.17, 15) is 9.18 Å². The largest absolute Gasteiger partial charge is 0.495 e. The van der Waals surface area contributed by atoms with Crippen molar-refractivity contribution in [3.63, 3.8) is 0 Å². The van der Waals surface area contributed by atoms with E-state index in [0.29, 0.717) is 16.5 Å². The number of halogens is 2. The zero-order valence-corrected chi connectivity index (χ0v) is 11.7. The molecule has 0 aliphatic heterocycles. The Kier molecular flexibility index (Phi) is 4.18. The van der Waals surface area contributed by atoms with E-state index in [1.807, 2.05) is 0 Å². The first-order valence-electron chi connectivity index (χ1n) is 5.85. The maximum Gasteiger partial charge on any atom is 0.338 e. The molecule has 0 spiro atoms. The summed E-state index contributed by atoms with van der Waals surface area (Å²) in [6.45, 7) is 0. The number of aromatic carboxylic acids is 1. The van der Waals surface area contributed by atoms with Gasteiger partial charge in [0.05, 0.1) is 29.1 Å². The van der Waals surface area contributed by atoms with Crippen LogP contribution in [0.3, 0.4) is 0 Å². The van der Waals surface area contributed by atoms with E-state index >= 15 is 0 Å². The van der Waals surface area contributed by atoms with E-state index in [0.717, 1.165) is 12.1 Å². The van der Waals surface area contributed by atoms with Gasteiger partial charge >= 0.3 is 5.97 Å². The molecule has 0 saturated carbocycles. The van der Waals surface area contributed by atoms with Crippen molar-refractivity contribution in [2.75, 3.05) is 18.2 Å². The zero-order valence-electron chi connectivity index (χ0n) is 11.0. The summed E-state index contributed by atoms with van der Waals surface area (Å²) in [5.74, 6) is -1.75. The Bertz CT molecular complexity index is 707. The van der Waals surface area contributed by atoms with Crippen molar-refractivity contribution in [2.45, 2.75) is 0 Å². The minimum absolute atomic E-state index is 0.112. The summed E-state index contributed by atoms with van der Waals surface area (Å²) in [5, 5.41) is 12.1. The molecule has 7 heteroatoms. The smallest absolute Gasteiger partial charge is 0.338 e. The lowest BCUT2D eigenvalue weighted by molar-refractivity contribution is 0.0692. The first kappa shape index (κ1) is 14.9. The van der Waals surface area contributed by atoms with E-state index in [4.69, 9.17) is 27.2 Å². The number of carbonyl (C=O) groups is 1. The van der Waals surface area contributed by atoms with Crippen LogP contribution in [-0.4, -0.2) is 18.2 Å². The fraction of sp³-hybridized carbons (Fsp3) is 0.0714. The van der Waals surface area contributed by atoms with E-state index in [1.54, 1.807) is 18.2 Å². The quantitative estimate of drug-likeness (QED) is 0.752. The monoisotopic (exact) mass is 310 g/mol. The Morgan fingerprint density at radius 1 is 1.38 bits per heavy atom. The lowest BCUT2D eigenvalue weighted by atomic mass is 10.1. The number of hydrogen-bond acceptors (Lipinski definition) is 4. The normalized spacial score (nSPS) is 10.2. The van der Waals surface area contributed by atoms with Gasteiger partial charge < -0.3 is 20.9 Å². The molecule has 5 nitrogen and oxygen atoms in total. The second kappa shape index (κ2) is 5.88. The lowest BCUT2D eigenvalue weighted by Crippen LogP contribution is -2.05. The van der Waals surface area contributed by atoms with Gasteiger partial charge in [0.1, 0.15) is 11.6 Å². The molecule has 0 aromatic heterocycles. The van der Waals surface area contributed by atoms with E-state index in [1.165, 1.54) is 7.11 Å². The van der Waals surface area contributed by atoms with Crippen molar-refractivity contribution in [1.29, 1.82) is 0 Å². The Labute approximate surface area is 125 Å². The second-order valence-electron chi connectivity index (χ2n) is 4.20. The van der Waals surface area contributed by atoms with Crippen LogP contribution >= 0.6 is 11.6 Å². The summed E-state index contributed by atoms with van der Waals surface area (Å²) in [4.78, 5) is 10.8. The van der Waals surface area contributed by atoms with Crippen molar-refractivity contribution in [2.24, 2.45) is 0 Å². The fourth-order valence-electron chi connectivity index (χ4n) is 1.76. The molecule has 0 aliphatic rings. The molecule has 110 valence electrons. The summed E-state index contributed by atoms with van der Waals surface area (Å²) >= 11 is 5.99. The first-order chi connectivity index (χ1) is 9.92. The molecule has 2 aromatic carbocycles. The summed E-state index contributed by atoms with van der Waals surface area (Å²) in [6, 6.07) is 6.99. The highest BCUT2D eigenvalue weighted by molar-refractivity contribution is 6.32. The molecule has 0 saturated heterocycles. The number of anilines is 3. The van der Waals surface area contributed by atoms with Crippen LogP contribution in [0.4, 0.5) is 21.5 Å². The minimum atomic E-state index is -1.38. The van der Waals surface area contributed by atoms with Gasteiger partial charge in [0.15, 0.2) is 0 Å². The number of ether oxygens (including phenoxy) is 1. The third-order valence-corrected chi connectivity index (χ3v) is 3.10. The molecule has 0 amide bonds. The van der Waals surface area contributed by atoms with Gasteiger partial charge in [0.25, 0.3) is 0 Å². The van der Waals surface area contributed by atoms with Crippen molar-refractivity contribution < 1.29 is 19.0 Å². The van der Waals surface area contributed by atoms with E-state index in [2.05, 4.69) is 5.32 Å². The molecule has 0 unspecified atom stereocenters. The topological polar surface area (TPSA) is 84.6 Å². The van der Waals surface area contributed by atoms with Crippen LogP contribution < -0.4 is 15.8 Å². The van der Waals surface area contributed by atoms with Gasteiger partial charge in [0, 0.05) is 11.8 Å². The Hall–Kier alpha value is -2.47. The van der Waals surface area contributed by atoms with Crippen molar-refractivity contribution in [3.8, 4) is 5.75 Å². The second-order valence-corrected chi connectivity index (χ2v) is 4.61. The molecule has 2 rings (SSSR count). The molecule has 0 radical (unpaired) electrons. The Morgan fingerprint density at radius 3 is 2.67 bits per heavy atom. The van der Waals surface area contributed by atoms with Gasteiger partial charge in [-0.25, -0.2) is 9.18 Å². The van der Waals surface area contributed by atoms with Crippen molar-refractivity contribution >= 4 is 34.6 Å². The number of nitrogen functional groups attached to an aromatic ring is 1. The molecule has 0 fully saturated rings. The van der Waals surface area contributed by atoms with E-state index in [-0.39, 0.29) is 11.4 Å². The summed E-state index contributed by atoms with van der Waals surface area (Å²) in [6.07, 6.45) is 0. The van der Waals surface area contributed by atoms with Gasteiger partial charge in [-0.1, -0.05) is 11.6 Å². The molecular formula is C14H12ClFN2O3. The molecule has 0 atom stereocenters. The number of nitrogens with one attached hydrogen (secondary N) is 1. The molecule has 21 heavy (non-hydrogen) atoms. The van der Waals surface area contributed by atoms with Crippen LogP contribution in [0, 0.1) is 5.82 Å². The van der Waals surface area contributed by atoms with Gasteiger partial charge in [-0.2, -0.15) is 0 Å². The summed E-state index contributed by atoms with van der Waals surface area (Å²) in [5.41, 5.74) is 6.16. The molecule has 0 aliphatic carbocycles. The summed E-state index contributed by atoms with van der Waals surface area (Å²) in [7, 11) is 1.49. The summed E-state index contributed by atoms with van der Waals surface area (Å²) < 4.78 is 18.7. The van der Waals surface area contributed by atoms with Gasteiger partial charge in [-0.3, -0.25) is 0 Å². The fourth-order valence-corrected chi connectivity index (χ4v) is 2.02. The van der Waals surface area contributed by atoms with Crippen LogP contribution in [-0.2, 0) is 0 Å². The first-order valence-corrected chi connectivity index (χ1v) is 6.23. The SMILES string of the molecule is COc1ccc(Nc2cc(F)c(C(=O)O)cc2N)cc1Cl. The van der Waals surface area contributed by atoms with Gasteiger partial charge in [-0.05, 0) is 24.3 Å². The van der Waals surface area contributed by atoms with Crippen molar-refractivity contribution in [3.05, 3.63) is 46.7 Å². The van der Waals surface area contributed by atoms with Crippen LogP contribution in [0.1, 0.15) is 10.4 Å².